The van der Waals surface area contributed by atoms with E-state index >= 15 is 0 Å². The van der Waals surface area contributed by atoms with Crippen LogP contribution < -0.4 is 0 Å². The van der Waals surface area contributed by atoms with Crippen molar-refractivity contribution in [2.45, 2.75) is 0 Å². The van der Waals surface area contributed by atoms with Crippen LogP contribution in [0.5, 0.6) is 0 Å². The van der Waals surface area contributed by atoms with E-state index in [1.165, 1.54) is 12.7 Å². The van der Waals surface area contributed by atoms with E-state index in [0.717, 1.165) is 16.7 Å². The first-order chi connectivity index (χ1) is 9.75. The normalized spacial score (nSPS) is 10.5. The Labute approximate surface area is 126 Å². The van der Waals surface area contributed by atoms with Crippen LogP contribution in [0.25, 0.3) is 22.5 Å². The monoisotopic (exact) mass is 301 g/mol. The Balaban J connectivity index is 2.00. The van der Waals surface area contributed by atoms with E-state index in [2.05, 4.69) is 15.0 Å². The summed E-state index contributed by atoms with van der Waals surface area (Å²) in [5.41, 5.74) is 2.82. The standard InChI is InChI=1S/C15H9Cl2N3/c16-13-3-1-2-12(14(13)17)10-4-6-11(7-5-10)15-19-8-18-9-20-15/h1-9H. The van der Waals surface area contributed by atoms with Crippen molar-refractivity contribution in [3.8, 4) is 22.5 Å². The van der Waals surface area contributed by atoms with Gasteiger partial charge in [-0.25, -0.2) is 15.0 Å². The Morgan fingerprint density at radius 1 is 0.750 bits per heavy atom. The van der Waals surface area contributed by atoms with Crippen molar-refractivity contribution in [3.05, 3.63) is 65.2 Å². The van der Waals surface area contributed by atoms with Crippen LogP contribution in [-0.4, -0.2) is 15.0 Å². The molecule has 0 saturated carbocycles. The van der Waals surface area contributed by atoms with Gasteiger partial charge in [0.05, 0.1) is 10.0 Å². The summed E-state index contributed by atoms with van der Waals surface area (Å²) in [5.74, 6) is 0.642. The molecule has 98 valence electrons. The van der Waals surface area contributed by atoms with Crippen molar-refractivity contribution in [1.29, 1.82) is 0 Å². The molecule has 2 aromatic carbocycles. The molecule has 1 heterocycles. The maximum Gasteiger partial charge on any atom is 0.162 e. The molecule has 3 rings (SSSR count). The minimum absolute atomic E-state index is 0.547. The summed E-state index contributed by atoms with van der Waals surface area (Å²) >= 11 is 12.3. The zero-order valence-corrected chi connectivity index (χ0v) is 11.8. The first kappa shape index (κ1) is 13.0. The van der Waals surface area contributed by atoms with Gasteiger partial charge in [-0.3, -0.25) is 0 Å². The highest BCUT2D eigenvalue weighted by Crippen LogP contribution is 2.33. The molecule has 0 spiro atoms. The quantitative estimate of drug-likeness (QED) is 0.699. The van der Waals surface area contributed by atoms with Gasteiger partial charge in [0.2, 0.25) is 0 Å². The Morgan fingerprint density at radius 3 is 2.10 bits per heavy atom. The van der Waals surface area contributed by atoms with Gasteiger partial charge in [-0.15, -0.1) is 0 Å². The Kier molecular flexibility index (Phi) is 3.63. The van der Waals surface area contributed by atoms with Crippen LogP contribution in [0.4, 0.5) is 0 Å². The fourth-order valence-electron chi connectivity index (χ4n) is 1.91. The van der Waals surface area contributed by atoms with Crippen molar-refractivity contribution < 1.29 is 0 Å². The predicted octanol–water partition coefficient (Wildman–Crippen LogP) is 4.51. The van der Waals surface area contributed by atoms with E-state index in [0.29, 0.717) is 15.9 Å². The average Bonchev–Trinajstić information content (AvgIpc) is 2.51. The second-order valence-electron chi connectivity index (χ2n) is 4.14. The summed E-state index contributed by atoms with van der Waals surface area (Å²) in [6, 6.07) is 13.4. The van der Waals surface area contributed by atoms with E-state index in [1.54, 1.807) is 6.07 Å². The topological polar surface area (TPSA) is 38.7 Å². The molecule has 5 heteroatoms. The average molecular weight is 302 g/mol. The molecule has 0 saturated heterocycles. The largest absolute Gasteiger partial charge is 0.225 e. The summed E-state index contributed by atoms with van der Waals surface area (Å²) in [6.07, 6.45) is 2.95. The molecule has 1 aromatic heterocycles. The highest BCUT2D eigenvalue weighted by atomic mass is 35.5. The first-order valence-corrected chi connectivity index (χ1v) is 6.68. The minimum atomic E-state index is 0.547. The molecule has 0 bridgehead atoms. The van der Waals surface area contributed by atoms with Gasteiger partial charge in [0.1, 0.15) is 12.7 Å². The fraction of sp³-hybridized carbons (Fsp3) is 0. The van der Waals surface area contributed by atoms with Gasteiger partial charge in [-0.2, -0.15) is 0 Å². The molecule has 3 nitrogen and oxygen atoms in total. The van der Waals surface area contributed by atoms with Gasteiger partial charge in [-0.05, 0) is 11.6 Å². The Hall–Kier alpha value is -1.97. The molecular weight excluding hydrogens is 293 g/mol. The number of benzene rings is 2. The third-order valence-corrected chi connectivity index (χ3v) is 3.72. The van der Waals surface area contributed by atoms with Crippen molar-refractivity contribution in [2.24, 2.45) is 0 Å². The Bertz CT molecular complexity index is 728. The molecule has 0 aliphatic heterocycles. The van der Waals surface area contributed by atoms with E-state index in [9.17, 15) is 0 Å². The van der Waals surface area contributed by atoms with Gasteiger partial charge in [0.15, 0.2) is 5.82 Å². The second-order valence-corrected chi connectivity index (χ2v) is 4.93. The third kappa shape index (κ3) is 2.50. The number of hydrogen-bond donors (Lipinski definition) is 0. The number of aromatic nitrogens is 3. The molecular formula is C15H9Cl2N3. The minimum Gasteiger partial charge on any atom is -0.225 e. The second kappa shape index (κ2) is 5.57. The van der Waals surface area contributed by atoms with Gasteiger partial charge < -0.3 is 0 Å². The lowest BCUT2D eigenvalue weighted by Gasteiger charge is -2.07. The van der Waals surface area contributed by atoms with Crippen LogP contribution in [0, 0.1) is 0 Å². The molecule has 0 fully saturated rings. The van der Waals surface area contributed by atoms with Gasteiger partial charge in [0.25, 0.3) is 0 Å². The number of halogens is 2. The van der Waals surface area contributed by atoms with Crippen LogP contribution in [0.3, 0.4) is 0 Å². The van der Waals surface area contributed by atoms with E-state index in [4.69, 9.17) is 23.2 Å². The maximum absolute atomic E-state index is 6.22. The fourth-order valence-corrected chi connectivity index (χ4v) is 2.32. The molecule has 0 aliphatic rings. The molecule has 0 unspecified atom stereocenters. The molecule has 0 amide bonds. The SMILES string of the molecule is Clc1cccc(-c2ccc(-c3ncncn3)cc2)c1Cl. The lowest BCUT2D eigenvalue weighted by molar-refractivity contribution is 1.06. The molecule has 0 atom stereocenters. The van der Waals surface area contributed by atoms with Crippen molar-refractivity contribution >= 4 is 23.2 Å². The smallest absolute Gasteiger partial charge is 0.162 e. The zero-order valence-electron chi connectivity index (χ0n) is 10.3. The van der Waals surface area contributed by atoms with E-state index < -0.39 is 0 Å². The lowest BCUT2D eigenvalue weighted by Crippen LogP contribution is -1.89. The number of hydrogen-bond acceptors (Lipinski definition) is 3. The number of rotatable bonds is 2. The molecule has 3 aromatic rings. The van der Waals surface area contributed by atoms with Crippen LogP contribution in [0.1, 0.15) is 0 Å². The number of nitrogens with zero attached hydrogens (tertiary/aromatic N) is 3. The first-order valence-electron chi connectivity index (χ1n) is 5.92. The zero-order chi connectivity index (χ0) is 13.9. The summed E-state index contributed by atoms with van der Waals surface area (Å²) < 4.78 is 0. The Morgan fingerprint density at radius 2 is 1.40 bits per heavy atom. The summed E-state index contributed by atoms with van der Waals surface area (Å²) in [7, 11) is 0. The van der Waals surface area contributed by atoms with E-state index in [1.807, 2.05) is 36.4 Å². The molecule has 20 heavy (non-hydrogen) atoms. The van der Waals surface area contributed by atoms with Crippen LogP contribution >= 0.6 is 23.2 Å². The lowest BCUT2D eigenvalue weighted by atomic mass is 10.0. The predicted molar refractivity (Wildman–Crippen MR) is 80.7 cm³/mol. The summed E-state index contributed by atoms with van der Waals surface area (Å²) in [6.45, 7) is 0. The van der Waals surface area contributed by atoms with Gasteiger partial charge in [0, 0.05) is 11.1 Å². The maximum atomic E-state index is 6.22. The van der Waals surface area contributed by atoms with Gasteiger partial charge in [-0.1, -0.05) is 59.6 Å². The molecule has 0 aliphatic carbocycles. The van der Waals surface area contributed by atoms with Crippen molar-refractivity contribution in [2.75, 3.05) is 0 Å². The molecule has 0 N–H and O–H groups in total. The highest BCUT2D eigenvalue weighted by molar-refractivity contribution is 6.43. The van der Waals surface area contributed by atoms with Crippen LogP contribution in [0.2, 0.25) is 10.0 Å². The summed E-state index contributed by atoms with van der Waals surface area (Å²) in [4.78, 5) is 12.0. The van der Waals surface area contributed by atoms with Crippen molar-refractivity contribution in [1.82, 2.24) is 15.0 Å². The molecule has 0 radical (unpaired) electrons. The highest BCUT2D eigenvalue weighted by Gasteiger charge is 2.07. The van der Waals surface area contributed by atoms with Crippen LogP contribution in [-0.2, 0) is 0 Å². The van der Waals surface area contributed by atoms with E-state index in [-0.39, 0.29) is 0 Å². The van der Waals surface area contributed by atoms with Crippen molar-refractivity contribution in [3.63, 3.8) is 0 Å². The van der Waals surface area contributed by atoms with Gasteiger partial charge >= 0.3 is 0 Å². The third-order valence-electron chi connectivity index (χ3n) is 2.90. The van der Waals surface area contributed by atoms with Crippen LogP contribution in [0.15, 0.2) is 55.1 Å². The summed E-state index contributed by atoms with van der Waals surface area (Å²) in [5, 5.41) is 1.10.